The summed E-state index contributed by atoms with van der Waals surface area (Å²) in [7, 11) is 0. The van der Waals surface area contributed by atoms with Crippen LogP contribution in [0.3, 0.4) is 0 Å². The SMILES string of the molecule is CCCNC(=O)Cn1c(C)nc2c(N)cccc21. The van der Waals surface area contributed by atoms with Crippen molar-refractivity contribution in [1.82, 2.24) is 14.9 Å². The van der Waals surface area contributed by atoms with E-state index in [0.29, 0.717) is 12.2 Å². The van der Waals surface area contributed by atoms with Crippen LogP contribution < -0.4 is 11.1 Å². The number of aryl methyl sites for hydroxylation is 1. The predicted octanol–water partition coefficient (Wildman–Crippen LogP) is 1.45. The standard InChI is InChI=1S/C13H18N4O/c1-3-7-15-12(18)8-17-9(2)16-13-10(14)5-4-6-11(13)17/h4-6H,3,7-8,14H2,1-2H3,(H,15,18). The number of nitrogen functional groups attached to an aromatic ring is 1. The molecule has 0 saturated heterocycles. The Morgan fingerprint density at radius 2 is 2.28 bits per heavy atom. The number of benzene rings is 1. The van der Waals surface area contributed by atoms with Crippen molar-refractivity contribution in [1.29, 1.82) is 0 Å². The maximum atomic E-state index is 11.8. The number of aromatic nitrogens is 2. The molecule has 5 nitrogen and oxygen atoms in total. The Morgan fingerprint density at radius 3 is 3.00 bits per heavy atom. The van der Waals surface area contributed by atoms with Crippen molar-refractivity contribution >= 4 is 22.6 Å². The van der Waals surface area contributed by atoms with Gasteiger partial charge in [0.25, 0.3) is 0 Å². The molecule has 0 unspecified atom stereocenters. The van der Waals surface area contributed by atoms with Gasteiger partial charge in [0, 0.05) is 6.54 Å². The first-order valence-electron chi connectivity index (χ1n) is 6.11. The summed E-state index contributed by atoms with van der Waals surface area (Å²) in [6, 6.07) is 5.62. The number of hydrogen-bond acceptors (Lipinski definition) is 3. The van der Waals surface area contributed by atoms with Gasteiger partial charge in [0.2, 0.25) is 5.91 Å². The number of rotatable bonds is 4. The molecule has 0 saturated carbocycles. The van der Waals surface area contributed by atoms with E-state index >= 15 is 0 Å². The van der Waals surface area contributed by atoms with Crippen molar-refractivity contribution in [3.05, 3.63) is 24.0 Å². The van der Waals surface area contributed by atoms with E-state index in [-0.39, 0.29) is 12.5 Å². The van der Waals surface area contributed by atoms with E-state index in [9.17, 15) is 4.79 Å². The quantitative estimate of drug-likeness (QED) is 0.802. The van der Waals surface area contributed by atoms with Gasteiger partial charge in [-0.1, -0.05) is 13.0 Å². The highest BCUT2D eigenvalue weighted by atomic mass is 16.1. The third kappa shape index (κ3) is 2.30. The molecule has 1 aromatic heterocycles. The highest BCUT2D eigenvalue weighted by Crippen LogP contribution is 2.21. The van der Waals surface area contributed by atoms with Crippen molar-refractivity contribution in [2.24, 2.45) is 0 Å². The fourth-order valence-electron chi connectivity index (χ4n) is 1.95. The zero-order valence-corrected chi connectivity index (χ0v) is 10.7. The number of carbonyl (C=O) groups is 1. The number of carbonyl (C=O) groups excluding carboxylic acids is 1. The van der Waals surface area contributed by atoms with Gasteiger partial charge in [0.15, 0.2) is 0 Å². The molecule has 0 fully saturated rings. The first-order chi connectivity index (χ1) is 8.63. The molecule has 0 aliphatic carbocycles. The Kier molecular flexibility index (Phi) is 3.50. The fourth-order valence-corrected chi connectivity index (χ4v) is 1.95. The highest BCUT2D eigenvalue weighted by Gasteiger charge is 2.11. The molecule has 96 valence electrons. The molecule has 0 aliphatic rings. The minimum Gasteiger partial charge on any atom is -0.397 e. The molecule has 3 N–H and O–H groups in total. The summed E-state index contributed by atoms with van der Waals surface area (Å²) in [4.78, 5) is 16.2. The van der Waals surface area contributed by atoms with Crippen LogP contribution in [0.15, 0.2) is 18.2 Å². The molecule has 0 atom stereocenters. The molecule has 1 aromatic carbocycles. The Bertz CT molecular complexity index is 574. The first kappa shape index (κ1) is 12.4. The minimum atomic E-state index is 0.00155. The van der Waals surface area contributed by atoms with Gasteiger partial charge in [0.05, 0.1) is 11.2 Å². The maximum absolute atomic E-state index is 11.8. The molecule has 0 bridgehead atoms. The zero-order valence-electron chi connectivity index (χ0n) is 10.7. The largest absolute Gasteiger partial charge is 0.397 e. The third-order valence-electron chi connectivity index (χ3n) is 2.87. The molecule has 1 amide bonds. The molecule has 1 heterocycles. The molecule has 0 spiro atoms. The van der Waals surface area contributed by atoms with Gasteiger partial charge in [-0.2, -0.15) is 0 Å². The van der Waals surface area contributed by atoms with Crippen LogP contribution in [0.4, 0.5) is 5.69 Å². The number of para-hydroxylation sites is 1. The van der Waals surface area contributed by atoms with Crippen LogP contribution in [-0.2, 0) is 11.3 Å². The normalized spacial score (nSPS) is 10.8. The summed E-state index contributed by atoms with van der Waals surface area (Å²) in [6.07, 6.45) is 0.933. The minimum absolute atomic E-state index is 0.00155. The molecule has 0 radical (unpaired) electrons. The van der Waals surface area contributed by atoms with Crippen LogP contribution in [-0.4, -0.2) is 22.0 Å². The topological polar surface area (TPSA) is 72.9 Å². The lowest BCUT2D eigenvalue weighted by atomic mass is 10.3. The number of nitrogens with zero attached hydrogens (tertiary/aromatic N) is 2. The monoisotopic (exact) mass is 246 g/mol. The highest BCUT2D eigenvalue weighted by molar-refractivity contribution is 5.88. The Morgan fingerprint density at radius 1 is 1.50 bits per heavy atom. The zero-order chi connectivity index (χ0) is 13.1. The lowest BCUT2D eigenvalue weighted by Gasteiger charge is -2.07. The van der Waals surface area contributed by atoms with Gasteiger partial charge >= 0.3 is 0 Å². The van der Waals surface area contributed by atoms with Crippen LogP contribution in [0, 0.1) is 6.92 Å². The number of imidazole rings is 1. The van der Waals surface area contributed by atoms with E-state index in [4.69, 9.17) is 5.73 Å². The van der Waals surface area contributed by atoms with Gasteiger partial charge in [-0.25, -0.2) is 4.98 Å². The van der Waals surface area contributed by atoms with Gasteiger partial charge < -0.3 is 15.6 Å². The number of nitrogens with two attached hydrogens (primary N) is 1. The van der Waals surface area contributed by atoms with Crippen LogP contribution in [0.2, 0.25) is 0 Å². The van der Waals surface area contributed by atoms with Crippen LogP contribution >= 0.6 is 0 Å². The summed E-state index contributed by atoms with van der Waals surface area (Å²) in [5.41, 5.74) is 8.18. The van der Waals surface area contributed by atoms with E-state index in [1.807, 2.05) is 36.6 Å². The van der Waals surface area contributed by atoms with Gasteiger partial charge in [0.1, 0.15) is 17.9 Å². The lowest BCUT2D eigenvalue weighted by molar-refractivity contribution is -0.121. The van der Waals surface area contributed by atoms with E-state index in [2.05, 4.69) is 10.3 Å². The molecule has 2 rings (SSSR count). The second-order valence-electron chi connectivity index (χ2n) is 4.31. The summed E-state index contributed by atoms with van der Waals surface area (Å²) in [5.74, 6) is 0.802. The van der Waals surface area contributed by atoms with Crippen molar-refractivity contribution in [3.63, 3.8) is 0 Å². The summed E-state index contributed by atoms with van der Waals surface area (Å²) < 4.78 is 1.89. The number of nitrogens with one attached hydrogen (secondary N) is 1. The predicted molar refractivity (Wildman–Crippen MR) is 72.2 cm³/mol. The number of amides is 1. The van der Waals surface area contributed by atoms with Crippen LogP contribution in [0.25, 0.3) is 11.0 Å². The summed E-state index contributed by atoms with van der Waals surface area (Å²) in [6.45, 7) is 4.89. The van der Waals surface area contributed by atoms with Crippen LogP contribution in [0.1, 0.15) is 19.2 Å². The molecular formula is C13H18N4O. The van der Waals surface area contributed by atoms with E-state index in [1.165, 1.54) is 0 Å². The Balaban J connectivity index is 2.30. The van der Waals surface area contributed by atoms with Crippen molar-refractivity contribution in [2.75, 3.05) is 12.3 Å². The molecule has 18 heavy (non-hydrogen) atoms. The van der Waals surface area contributed by atoms with E-state index in [0.717, 1.165) is 23.3 Å². The second kappa shape index (κ2) is 5.08. The number of fused-ring (bicyclic) bond motifs is 1. The first-order valence-corrected chi connectivity index (χ1v) is 6.11. The van der Waals surface area contributed by atoms with Gasteiger partial charge in [-0.15, -0.1) is 0 Å². The Hall–Kier alpha value is -2.04. The van der Waals surface area contributed by atoms with Crippen molar-refractivity contribution in [3.8, 4) is 0 Å². The maximum Gasteiger partial charge on any atom is 0.240 e. The average Bonchev–Trinajstić information content (AvgIpc) is 2.66. The van der Waals surface area contributed by atoms with E-state index < -0.39 is 0 Å². The van der Waals surface area contributed by atoms with Crippen molar-refractivity contribution in [2.45, 2.75) is 26.8 Å². The lowest BCUT2D eigenvalue weighted by Crippen LogP contribution is -2.28. The van der Waals surface area contributed by atoms with Crippen LogP contribution in [0.5, 0.6) is 0 Å². The molecule has 0 aliphatic heterocycles. The molecular weight excluding hydrogens is 228 g/mol. The summed E-state index contributed by atoms with van der Waals surface area (Å²) >= 11 is 0. The second-order valence-corrected chi connectivity index (χ2v) is 4.31. The van der Waals surface area contributed by atoms with Gasteiger partial charge in [-0.05, 0) is 25.5 Å². The van der Waals surface area contributed by atoms with Gasteiger partial charge in [-0.3, -0.25) is 4.79 Å². The summed E-state index contributed by atoms with van der Waals surface area (Å²) in [5, 5.41) is 2.86. The Labute approximate surface area is 106 Å². The average molecular weight is 246 g/mol. The fraction of sp³-hybridized carbons (Fsp3) is 0.385. The molecule has 2 aromatic rings. The number of anilines is 1. The molecule has 5 heteroatoms. The number of hydrogen-bond donors (Lipinski definition) is 2. The van der Waals surface area contributed by atoms with Crippen molar-refractivity contribution < 1.29 is 4.79 Å². The third-order valence-corrected chi connectivity index (χ3v) is 2.87. The van der Waals surface area contributed by atoms with E-state index in [1.54, 1.807) is 0 Å². The smallest absolute Gasteiger partial charge is 0.240 e.